The molecule has 4 aliphatic rings. The van der Waals surface area contributed by atoms with E-state index in [-0.39, 0.29) is 33.9 Å². The maximum Gasteiger partial charge on any atom is 0.271 e. The maximum absolute atomic E-state index is 14.2. The highest BCUT2D eigenvalue weighted by molar-refractivity contribution is 6.02. The van der Waals surface area contributed by atoms with Gasteiger partial charge >= 0.3 is 0 Å². The van der Waals surface area contributed by atoms with Crippen molar-refractivity contribution in [1.82, 2.24) is 9.55 Å². The molecular formula is C39H40N6O4. The third-order valence-corrected chi connectivity index (χ3v) is 12.2. The van der Waals surface area contributed by atoms with Gasteiger partial charge in [0, 0.05) is 48.6 Å². The molecule has 4 aromatic rings. The van der Waals surface area contributed by atoms with Gasteiger partial charge in [-0.3, -0.25) is 14.4 Å². The van der Waals surface area contributed by atoms with Crippen molar-refractivity contribution in [2.24, 2.45) is 10.8 Å². The molecule has 2 N–H and O–H groups in total. The first-order valence-electron chi connectivity index (χ1n) is 17.5. The van der Waals surface area contributed by atoms with Gasteiger partial charge in [-0.15, -0.1) is 0 Å². The number of H-pyrrole nitrogens is 1. The predicted molar refractivity (Wildman–Crippen MR) is 188 cm³/mol. The number of nitrogens with zero attached hydrogens (tertiary/aromatic N) is 5. The summed E-state index contributed by atoms with van der Waals surface area (Å²) in [5.41, 5.74) is 3.96. The van der Waals surface area contributed by atoms with E-state index < -0.39 is 11.7 Å². The molecule has 4 heterocycles. The Bertz CT molecular complexity index is 2240. The number of hydrogen-bond donors (Lipinski definition) is 2. The molecule has 2 spiro atoms. The zero-order chi connectivity index (χ0) is 34.2. The number of nitrogens with one attached hydrogen (secondary N) is 1. The number of aromatic nitrogens is 2. The lowest BCUT2D eigenvalue weighted by Gasteiger charge is -2.53. The summed E-state index contributed by atoms with van der Waals surface area (Å²) in [7, 11) is 0. The summed E-state index contributed by atoms with van der Waals surface area (Å²) in [6.45, 7) is 6.14. The number of rotatable bonds is 5. The summed E-state index contributed by atoms with van der Waals surface area (Å²) < 4.78 is 1.82. The van der Waals surface area contributed by atoms with Crippen molar-refractivity contribution in [2.75, 3.05) is 36.0 Å². The van der Waals surface area contributed by atoms with Crippen LogP contribution >= 0.6 is 0 Å². The van der Waals surface area contributed by atoms with Gasteiger partial charge in [-0.1, -0.05) is 6.07 Å². The van der Waals surface area contributed by atoms with Crippen molar-refractivity contribution in [1.29, 1.82) is 10.5 Å². The predicted octanol–water partition coefficient (Wildman–Crippen LogP) is 5.84. The van der Waals surface area contributed by atoms with Crippen LogP contribution in [-0.4, -0.2) is 46.6 Å². The van der Waals surface area contributed by atoms with E-state index in [1.807, 2.05) is 22.8 Å². The molecule has 0 radical (unpaired) electrons. The number of aliphatic hydroxyl groups excluding tert-OH is 1. The van der Waals surface area contributed by atoms with Crippen LogP contribution in [0.5, 0.6) is 0 Å². The van der Waals surface area contributed by atoms with Gasteiger partial charge in [-0.05, 0) is 112 Å². The van der Waals surface area contributed by atoms with Gasteiger partial charge in [0.1, 0.15) is 23.3 Å². The van der Waals surface area contributed by atoms with E-state index in [4.69, 9.17) is 0 Å². The van der Waals surface area contributed by atoms with Crippen LogP contribution in [0.3, 0.4) is 0 Å². The SMILES string of the molecule is CC(=O)c1ccc2c(c1)c(N1CCC3(CC1)CC3)c(C#N)c(=O)n2C1CC2(CCN(c3c(C#N)c(=O)[nH]c4ccc(C(C)O)cc34)CC2)C1. The molecule has 49 heavy (non-hydrogen) atoms. The highest BCUT2D eigenvalue weighted by Crippen LogP contribution is 2.57. The smallest absolute Gasteiger partial charge is 0.271 e. The number of aliphatic hydroxyl groups is 1. The molecule has 2 saturated heterocycles. The van der Waals surface area contributed by atoms with E-state index in [0.717, 1.165) is 67.9 Å². The minimum atomic E-state index is -0.690. The summed E-state index contributed by atoms with van der Waals surface area (Å²) in [6, 6.07) is 15.3. The highest BCUT2D eigenvalue weighted by atomic mass is 16.3. The Balaban J connectivity index is 1.10. The molecule has 2 aliphatic heterocycles. The van der Waals surface area contributed by atoms with Crippen LogP contribution in [-0.2, 0) is 0 Å². The summed E-state index contributed by atoms with van der Waals surface area (Å²) in [5, 5.41) is 32.2. The van der Waals surface area contributed by atoms with E-state index in [1.165, 1.54) is 12.8 Å². The average molecular weight is 657 g/mol. The van der Waals surface area contributed by atoms with Crippen LogP contribution in [0.1, 0.15) is 104 Å². The lowest BCUT2D eigenvalue weighted by Crippen LogP contribution is -2.49. The fourth-order valence-electron chi connectivity index (χ4n) is 9.02. The van der Waals surface area contributed by atoms with E-state index in [2.05, 4.69) is 26.9 Å². The third-order valence-electron chi connectivity index (χ3n) is 12.2. The molecule has 10 heteroatoms. The van der Waals surface area contributed by atoms with E-state index in [9.17, 15) is 30.0 Å². The number of anilines is 2. The molecule has 1 atom stereocenters. The van der Waals surface area contributed by atoms with Crippen LogP contribution in [0.2, 0.25) is 0 Å². The Morgan fingerprint density at radius 1 is 0.857 bits per heavy atom. The zero-order valence-electron chi connectivity index (χ0n) is 28.0. The molecule has 8 rings (SSSR count). The number of hydrogen-bond acceptors (Lipinski definition) is 8. The van der Waals surface area contributed by atoms with E-state index in [1.54, 1.807) is 32.0 Å². The van der Waals surface area contributed by atoms with Crippen LogP contribution < -0.4 is 20.9 Å². The van der Waals surface area contributed by atoms with Gasteiger partial charge in [0.05, 0.1) is 28.5 Å². The molecule has 4 fully saturated rings. The van der Waals surface area contributed by atoms with Crippen molar-refractivity contribution in [3.8, 4) is 12.1 Å². The number of aromatic amines is 1. The van der Waals surface area contributed by atoms with E-state index in [0.29, 0.717) is 46.5 Å². The third kappa shape index (κ3) is 5.04. The fraction of sp³-hybridized carbons (Fsp3) is 0.462. The molecule has 0 bridgehead atoms. The van der Waals surface area contributed by atoms with Crippen molar-refractivity contribution in [3.05, 3.63) is 79.4 Å². The van der Waals surface area contributed by atoms with Gasteiger partial charge in [-0.25, -0.2) is 0 Å². The molecule has 2 aromatic carbocycles. The monoisotopic (exact) mass is 656 g/mol. The van der Waals surface area contributed by atoms with Crippen LogP contribution in [0.15, 0.2) is 46.0 Å². The average Bonchev–Trinajstić information content (AvgIpc) is 3.84. The lowest BCUT2D eigenvalue weighted by atomic mass is 9.60. The molecule has 0 amide bonds. The molecule has 10 nitrogen and oxygen atoms in total. The van der Waals surface area contributed by atoms with Gasteiger partial charge in [0.15, 0.2) is 5.78 Å². The second-order valence-corrected chi connectivity index (χ2v) is 15.1. The van der Waals surface area contributed by atoms with Gasteiger partial charge in [0.2, 0.25) is 0 Å². The number of ketones is 1. The second-order valence-electron chi connectivity index (χ2n) is 15.1. The molecule has 2 aromatic heterocycles. The number of benzene rings is 2. The van der Waals surface area contributed by atoms with Crippen molar-refractivity contribution in [3.63, 3.8) is 0 Å². The molecule has 2 saturated carbocycles. The Morgan fingerprint density at radius 2 is 1.47 bits per heavy atom. The van der Waals surface area contributed by atoms with Crippen molar-refractivity contribution in [2.45, 2.75) is 77.4 Å². The minimum Gasteiger partial charge on any atom is -0.389 e. The number of nitriles is 2. The van der Waals surface area contributed by atoms with Crippen molar-refractivity contribution >= 4 is 39.0 Å². The second kappa shape index (κ2) is 11.3. The Labute approximate surface area is 284 Å². The van der Waals surface area contributed by atoms with Gasteiger partial charge < -0.3 is 24.5 Å². The Kier molecular flexibility index (Phi) is 7.24. The van der Waals surface area contributed by atoms with Crippen molar-refractivity contribution < 1.29 is 9.90 Å². The quantitative estimate of drug-likeness (QED) is 0.255. The molecule has 250 valence electrons. The van der Waals surface area contributed by atoms with E-state index >= 15 is 0 Å². The van der Waals surface area contributed by atoms with Crippen LogP contribution in [0.25, 0.3) is 21.8 Å². The molecule has 2 aliphatic carbocycles. The van der Waals surface area contributed by atoms with Crippen LogP contribution in [0, 0.1) is 33.5 Å². The standard InChI is InChI=1S/C39H40N6O4/c1-23(46)25-3-5-32-28(17-25)34(30(21-40)36(48)42-32)43-15-11-39(12-16-43)19-27(20-39)45-33-6-4-26(24(2)47)18-29(33)35(31(22-41)37(45)49)44-13-9-38(7-8-38)10-14-44/h3-6,17-18,23,27,46H,7-16,19-20H2,1-2H3,(H,42,48). The normalized spacial score (nSPS) is 20.3. The number of carbonyl (C=O) groups is 1. The first-order valence-corrected chi connectivity index (χ1v) is 17.5. The Hall–Kier alpha value is -4.93. The first kappa shape index (κ1) is 31.3. The van der Waals surface area contributed by atoms with Gasteiger partial charge in [0.25, 0.3) is 11.1 Å². The number of pyridine rings is 2. The molecular weight excluding hydrogens is 616 g/mol. The largest absolute Gasteiger partial charge is 0.389 e. The fourth-order valence-corrected chi connectivity index (χ4v) is 9.02. The number of carbonyl (C=O) groups excluding carboxylic acids is 1. The first-order chi connectivity index (χ1) is 23.6. The van der Waals surface area contributed by atoms with Gasteiger partial charge in [-0.2, -0.15) is 10.5 Å². The summed E-state index contributed by atoms with van der Waals surface area (Å²) >= 11 is 0. The lowest BCUT2D eigenvalue weighted by molar-refractivity contribution is 0.0357. The topological polar surface area (TPSA) is 146 Å². The number of Topliss-reactive ketones (excluding diaryl/α,β-unsaturated/α-hetero) is 1. The molecule has 1 unspecified atom stereocenters. The summed E-state index contributed by atoms with van der Waals surface area (Å²) in [4.78, 5) is 46.8. The van der Waals surface area contributed by atoms with Crippen LogP contribution in [0.4, 0.5) is 11.4 Å². The summed E-state index contributed by atoms with van der Waals surface area (Å²) in [5.74, 6) is -0.0520. The number of fused-ring (bicyclic) bond motifs is 2. The zero-order valence-corrected chi connectivity index (χ0v) is 28.0. The number of piperidine rings is 2. The minimum absolute atomic E-state index is 0.00221. The maximum atomic E-state index is 14.2. The highest BCUT2D eigenvalue weighted by Gasteiger charge is 2.48. The summed E-state index contributed by atoms with van der Waals surface area (Å²) in [6.07, 6.45) is 7.18. The Morgan fingerprint density at radius 3 is 2.04 bits per heavy atom.